The van der Waals surface area contributed by atoms with Crippen molar-refractivity contribution in [1.82, 2.24) is 14.9 Å². The minimum absolute atomic E-state index is 0.357. The summed E-state index contributed by atoms with van der Waals surface area (Å²) >= 11 is 0. The van der Waals surface area contributed by atoms with Gasteiger partial charge in [0.05, 0.1) is 17.1 Å². The first-order valence-corrected chi connectivity index (χ1v) is 7.42. The monoisotopic (exact) mass is 257 g/mol. The molecule has 1 aromatic heterocycles. The van der Waals surface area contributed by atoms with Crippen LogP contribution in [-0.4, -0.2) is 28.0 Å². The second-order valence-electron chi connectivity index (χ2n) is 5.77. The van der Waals surface area contributed by atoms with Gasteiger partial charge in [-0.3, -0.25) is 4.90 Å². The number of aromatic nitrogens is 2. The summed E-state index contributed by atoms with van der Waals surface area (Å²) in [4.78, 5) is 10.7. The van der Waals surface area contributed by atoms with Gasteiger partial charge in [0.1, 0.15) is 5.82 Å². The molecule has 0 bridgehead atoms. The van der Waals surface area contributed by atoms with E-state index in [9.17, 15) is 0 Å². The highest BCUT2D eigenvalue weighted by molar-refractivity contribution is 5.74. The molecule has 1 N–H and O–H groups in total. The number of imidazole rings is 1. The van der Waals surface area contributed by atoms with E-state index in [2.05, 4.69) is 42.1 Å². The van der Waals surface area contributed by atoms with Crippen LogP contribution < -0.4 is 0 Å². The van der Waals surface area contributed by atoms with Gasteiger partial charge in [0.15, 0.2) is 0 Å². The van der Waals surface area contributed by atoms with Crippen LogP contribution >= 0.6 is 0 Å². The molecule has 1 aliphatic rings. The van der Waals surface area contributed by atoms with Crippen molar-refractivity contribution in [3.63, 3.8) is 0 Å². The summed E-state index contributed by atoms with van der Waals surface area (Å²) in [7, 11) is 2.24. The zero-order valence-electron chi connectivity index (χ0n) is 11.9. The Balaban J connectivity index is 1.79. The van der Waals surface area contributed by atoms with Gasteiger partial charge in [-0.25, -0.2) is 4.98 Å². The molecule has 3 rings (SSSR count). The number of hydrogen-bond acceptors (Lipinski definition) is 2. The Kier molecular flexibility index (Phi) is 3.56. The van der Waals surface area contributed by atoms with Crippen LogP contribution in [0.2, 0.25) is 0 Å². The maximum absolute atomic E-state index is 4.73. The first-order chi connectivity index (χ1) is 9.25. The highest BCUT2D eigenvalue weighted by Crippen LogP contribution is 2.28. The molecule has 1 saturated carbocycles. The lowest BCUT2D eigenvalue weighted by atomic mass is 9.93. The summed E-state index contributed by atoms with van der Waals surface area (Å²) < 4.78 is 0. The molecule has 1 aromatic carbocycles. The number of nitrogens with zero attached hydrogens (tertiary/aromatic N) is 2. The largest absolute Gasteiger partial charge is 0.341 e. The maximum atomic E-state index is 4.73. The van der Waals surface area contributed by atoms with E-state index in [1.165, 1.54) is 32.1 Å². The van der Waals surface area contributed by atoms with Gasteiger partial charge < -0.3 is 4.98 Å². The Morgan fingerprint density at radius 3 is 2.68 bits per heavy atom. The van der Waals surface area contributed by atoms with Gasteiger partial charge >= 0.3 is 0 Å². The molecule has 1 unspecified atom stereocenters. The van der Waals surface area contributed by atoms with Crippen molar-refractivity contribution in [2.45, 2.75) is 51.1 Å². The Morgan fingerprint density at radius 2 is 1.95 bits per heavy atom. The zero-order chi connectivity index (χ0) is 13.2. The third-order valence-corrected chi connectivity index (χ3v) is 4.56. The number of H-pyrrole nitrogens is 1. The van der Waals surface area contributed by atoms with E-state index < -0.39 is 0 Å². The lowest BCUT2D eigenvalue weighted by molar-refractivity contribution is 0.142. The molecular formula is C16H23N3. The van der Waals surface area contributed by atoms with Crippen molar-refractivity contribution in [3.8, 4) is 0 Å². The smallest absolute Gasteiger partial charge is 0.124 e. The molecule has 3 nitrogen and oxygen atoms in total. The number of rotatable bonds is 3. The first kappa shape index (κ1) is 12.7. The van der Waals surface area contributed by atoms with Crippen molar-refractivity contribution in [3.05, 3.63) is 30.1 Å². The number of nitrogens with one attached hydrogen (secondary N) is 1. The molecule has 0 spiro atoms. The lowest BCUT2D eigenvalue weighted by Gasteiger charge is -2.34. The minimum atomic E-state index is 0.357. The molecule has 1 heterocycles. The predicted molar refractivity (Wildman–Crippen MR) is 79.1 cm³/mol. The van der Waals surface area contributed by atoms with E-state index in [-0.39, 0.29) is 0 Å². The molecule has 0 radical (unpaired) electrons. The van der Waals surface area contributed by atoms with E-state index in [0.717, 1.165) is 22.9 Å². The topological polar surface area (TPSA) is 31.9 Å². The van der Waals surface area contributed by atoms with E-state index in [4.69, 9.17) is 4.98 Å². The highest BCUT2D eigenvalue weighted by Gasteiger charge is 2.24. The number of benzene rings is 1. The number of fused-ring (bicyclic) bond motifs is 1. The molecule has 0 amide bonds. The Labute approximate surface area is 115 Å². The standard InChI is InChI=1S/C16H23N3/c1-12(19(2)13-8-4-3-5-9-13)16-17-14-10-6-7-11-15(14)18-16/h6-7,10-13H,3-5,8-9H2,1-2H3,(H,17,18). The van der Waals surface area contributed by atoms with Gasteiger partial charge in [-0.05, 0) is 38.9 Å². The number of hydrogen-bond donors (Lipinski definition) is 1. The van der Waals surface area contributed by atoms with Crippen molar-refractivity contribution in [2.24, 2.45) is 0 Å². The van der Waals surface area contributed by atoms with E-state index in [1.807, 2.05) is 6.07 Å². The van der Waals surface area contributed by atoms with Gasteiger partial charge in [0.2, 0.25) is 0 Å². The van der Waals surface area contributed by atoms with Crippen LogP contribution in [0.1, 0.15) is 50.9 Å². The molecule has 1 aliphatic carbocycles. The molecular weight excluding hydrogens is 234 g/mol. The summed E-state index contributed by atoms with van der Waals surface area (Å²) in [6, 6.07) is 9.34. The summed E-state index contributed by atoms with van der Waals surface area (Å²) in [6.07, 6.45) is 6.83. The molecule has 19 heavy (non-hydrogen) atoms. The fourth-order valence-corrected chi connectivity index (χ4v) is 3.17. The van der Waals surface area contributed by atoms with Crippen molar-refractivity contribution in [1.29, 1.82) is 0 Å². The molecule has 3 heteroatoms. The third-order valence-electron chi connectivity index (χ3n) is 4.56. The zero-order valence-corrected chi connectivity index (χ0v) is 11.9. The van der Waals surface area contributed by atoms with Gasteiger partial charge in [-0.2, -0.15) is 0 Å². The first-order valence-electron chi connectivity index (χ1n) is 7.42. The normalized spacial score (nSPS) is 19.1. The predicted octanol–water partition coefficient (Wildman–Crippen LogP) is 3.89. The van der Waals surface area contributed by atoms with Crippen molar-refractivity contribution in [2.75, 3.05) is 7.05 Å². The van der Waals surface area contributed by atoms with Gasteiger partial charge in [0.25, 0.3) is 0 Å². The van der Waals surface area contributed by atoms with Gasteiger partial charge in [-0.15, -0.1) is 0 Å². The maximum Gasteiger partial charge on any atom is 0.124 e. The highest BCUT2D eigenvalue weighted by atomic mass is 15.2. The number of aromatic amines is 1. The molecule has 102 valence electrons. The molecule has 0 aliphatic heterocycles. The molecule has 2 aromatic rings. The lowest BCUT2D eigenvalue weighted by Crippen LogP contribution is -2.35. The average Bonchev–Trinajstić information content (AvgIpc) is 2.90. The molecule has 1 fully saturated rings. The van der Waals surface area contributed by atoms with Crippen LogP contribution in [0, 0.1) is 0 Å². The van der Waals surface area contributed by atoms with Crippen LogP contribution in [-0.2, 0) is 0 Å². The van der Waals surface area contributed by atoms with Crippen LogP contribution in [0.25, 0.3) is 11.0 Å². The van der Waals surface area contributed by atoms with Crippen LogP contribution in [0.3, 0.4) is 0 Å². The Morgan fingerprint density at radius 1 is 1.21 bits per heavy atom. The van der Waals surface area contributed by atoms with Crippen LogP contribution in [0.4, 0.5) is 0 Å². The fourth-order valence-electron chi connectivity index (χ4n) is 3.17. The second kappa shape index (κ2) is 5.33. The number of para-hydroxylation sites is 2. The van der Waals surface area contributed by atoms with Crippen LogP contribution in [0.15, 0.2) is 24.3 Å². The van der Waals surface area contributed by atoms with E-state index >= 15 is 0 Å². The quantitative estimate of drug-likeness (QED) is 0.904. The molecule has 1 atom stereocenters. The van der Waals surface area contributed by atoms with Gasteiger partial charge in [-0.1, -0.05) is 31.4 Å². The Bertz CT molecular complexity index is 507. The van der Waals surface area contributed by atoms with Crippen molar-refractivity contribution >= 4 is 11.0 Å². The van der Waals surface area contributed by atoms with Gasteiger partial charge in [0, 0.05) is 6.04 Å². The summed E-state index contributed by atoms with van der Waals surface area (Å²) in [6.45, 7) is 2.26. The van der Waals surface area contributed by atoms with Crippen molar-refractivity contribution < 1.29 is 0 Å². The minimum Gasteiger partial charge on any atom is -0.341 e. The van der Waals surface area contributed by atoms with E-state index in [1.54, 1.807) is 0 Å². The second-order valence-corrected chi connectivity index (χ2v) is 5.77. The summed E-state index contributed by atoms with van der Waals surface area (Å²) in [5.41, 5.74) is 2.21. The van der Waals surface area contributed by atoms with E-state index in [0.29, 0.717) is 6.04 Å². The SMILES string of the molecule is CC(c1nc2ccccc2[nH]1)N(C)C1CCCCC1. The summed E-state index contributed by atoms with van der Waals surface area (Å²) in [5.74, 6) is 1.09. The molecule has 0 saturated heterocycles. The Hall–Kier alpha value is -1.35. The van der Waals surface area contributed by atoms with Crippen LogP contribution in [0.5, 0.6) is 0 Å². The fraction of sp³-hybridized carbons (Fsp3) is 0.562. The summed E-state index contributed by atoms with van der Waals surface area (Å²) in [5, 5.41) is 0. The third kappa shape index (κ3) is 2.52. The average molecular weight is 257 g/mol.